The van der Waals surface area contributed by atoms with Gasteiger partial charge >= 0.3 is 0 Å². The van der Waals surface area contributed by atoms with Crippen molar-refractivity contribution in [3.8, 4) is 0 Å². The van der Waals surface area contributed by atoms with Gasteiger partial charge in [-0.3, -0.25) is 9.78 Å². The van der Waals surface area contributed by atoms with E-state index >= 15 is 0 Å². The minimum Gasteiger partial charge on any atom is -0.300 e. The summed E-state index contributed by atoms with van der Waals surface area (Å²) in [5.41, 5.74) is 1.19. The Hall–Kier alpha value is -2.84. The van der Waals surface area contributed by atoms with Crippen molar-refractivity contribution in [2.45, 2.75) is 17.4 Å². The first kappa shape index (κ1) is 17.6. The van der Waals surface area contributed by atoms with Crippen molar-refractivity contribution < 1.29 is 13.2 Å². The van der Waals surface area contributed by atoms with Crippen LogP contribution in [0.3, 0.4) is 0 Å². The molecule has 8 heteroatoms. The van der Waals surface area contributed by atoms with Crippen LogP contribution in [-0.4, -0.2) is 34.8 Å². The van der Waals surface area contributed by atoms with E-state index in [1.54, 1.807) is 24.3 Å². The van der Waals surface area contributed by atoms with Crippen LogP contribution in [0.5, 0.6) is 0 Å². The van der Waals surface area contributed by atoms with Crippen molar-refractivity contribution in [1.82, 2.24) is 14.6 Å². The third-order valence-electron chi connectivity index (χ3n) is 4.42. The van der Waals surface area contributed by atoms with Gasteiger partial charge in [-0.1, -0.05) is 48.5 Å². The van der Waals surface area contributed by atoms with Crippen LogP contribution in [0.2, 0.25) is 0 Å². The zero-order chi connectivity index (χ0) is 19.0. The topological polar surface area (TPSA) is 79.4 Å². The van der Waals surface area contributed by atoms with Gasteiger partial charge in [-0.2, -0.15) is 0 Å². The molecule has 0 aliphatic carbocycles. The average molecular weight is 397 g/mol. The molecular weight excluding hydrogens is 382 g/mol. The normalized spacial score (nSPS) is 17.3. The number of thiocarbonyl (C=S) groups is 1. The van der Waals surface area contributed by atoms with Gasteiger partial charge in [-0.25, -0.2) is 12.7 Å². The third-order valence-corrected chi connectivity index (χ3v) is 6.67. The first-order chi connectivity index (χ1) is 13.0. The number of para-hydroxylation sites is 1. The summed E-state index contributed by atoms with van der Waals surface area (Å²) in [5, 5.41) is 3.06. The largest absolute Gasteiger partial charge is 0.300 e. The summed E-state index contributed by atoms with van der Waals surface area (Å²) >= 11 is 5.18. The van der Waals surface area contributed by atoms with Crippen LogP contribution in [0.25, 0.3) is 10.9 Å². The summed E-state index contributed by atoms with van der Waals surface area (Å²) in [6, 6.07) is 16.7. The van der Waals surface area contributed by atoms with Crippen molar-refractivity contribution in [3.05, 3.63) is 72.4 Å². The second kappa shape index (κ2) is 6.71. The molecule has 1 aliphatic rings. The highest BCUT2D eigenvalue weighted by atomic mass is 32.2. The molecule has 0 unspecified atom stereocenters. The number of nitrogens with one attached hydrogen (secondary N) is 1. The number of benzene rings is 2. The molecule has 3 aromatic rings. The highest BCUT2D eigenvalue weighted by molar-refractivity contribution is 7.91. The SMILES string of the molecule is O=C1NC(=S)N(S(=O)(=O)c2cccc3cccnc23)[C@@H]1Cc1ccccc1. The van der Waals surface area contributed by atoms with Crippen molar-refractivity contribution in [3.63, 3.8) is 0 Å². The van der Waals surface area contributed by atoms with Crippen molar-refractivity contribution >= 4 is 44.2 Å². The second-order valence-electron chi connectivity index (χ2n) is 6.13. The Labute approximate surface area is 161 Å². The lowest BCUT2D eigenvalue weighted by Gasteiger charge is -2.23. The molecule has 2 heterocycles. The van der Waals surface area contributed by atoms with Gasteiger partial charge in [0.05, 0.1) is 5.52 Å². The van der Waals surface area contributed by atoms with E-state index < -0.39 is 22.0 Å². The van der Waals surface area contributed by atoms with Gasteiger partial charge in [0.1, 0.15) is 10.9 Å². The number of carbonyl (C=O) groups excluding carboxylic acids is 1. The van der Waals surface area contributed by atoms with Gasteiger partial charge in [0.25, 0.3) is 15.9 Å². The number of hydrogen-bond acceptors (Lipinski definition) is 5. The highest BCUT2D eigenvalue weighted by Crippen LogP contribution is 2.28. The molecule has 1 atom stereocenters. The lowest BCUT2D eigenvalue weighted by atomic mass is 10.1. The van der Waals surface area contributed by atoms with Crippen molar-refractivity contribution in [2.75, 3.05) is 0 Å². The molecule has 0 bridgehead atoms. The lowest BCUT2D eigenvalue weighted by Crippen LogP contribution is -2.41. The Morgan fingerprint density at radius 3 is 2.56 bits per heavy atom. The molecule has 0 radical (unpaired) electrons. The molecule has 6 nitrogen and oxygen atoms in total. The van der Waals surface area contributed by atoms with E-state index in [9.17, 15) is 13.2 Å². The number of amides is 1. The fraction of sp³-hybridized carbons (Fsp3) is 0.105. The summed E-state index contributed by atoms with van der Waals surface area (Å²) in [5.74, 6) is -0.430. The van der Waals surface area contributed by atoms with Crippen LogP contribution in [-0.2, 0) is 21.2 Å². The molecule has 136 valence electrons. The lowest BCUT2D eigenvalue weighted by molar-refractivity contribution is -0.120. The minimum atomic E-state index is -4.07. The van der Waals surface area contributed by atoms with Crippen LogP contribution in [0.15, 0.2) is 71.8 Å². The Morgan fingerprint density at radius 1 is 1.04 bits per heavy atom. The molecule has 1 saturated heterocycles. The van der Waals surface area contributed by atoms with Crippen molar-refractivity contribution in [1.29, 1.82) is 0 Å². The fourth-order valence-corrected chi connectivity index (χ4v) is 5.34. The molecule has 1 fully saturated rings. The molecule has 1 amide bonds. The first-order valence-corrected chi connectivity index (χ1v) is 10.1. The molecule has 27 heavy (non-hydrogen) atoms. The van der Waals surface area contributed by atoms with E-state index in [1.165, 1.54) is 12.3 Å². The van der Waals surface area contributed by atoms with Crippen LogP contribution in [0, 0.1) is 0 Å². The number of fused-ring (bicyclic) bond motifs is 1. The Kier molecular flexibility index (Phi) is 4.37. The monoisotopic (exact) mass is 397 g/mol. The van der Waals surface area contributed by atoms with E-state index in [-0.39, 0.29) is 16.4 Å². The predicted octanol–water partition coefficient (Wildman–Crippen LogP) is 2.25. The molecule has 0 saturated carbocycles. The van der Waals surface area contributed by atoms with E-state index in [0.29, 0.717) is 10.9 Å². The smallest absolute Gasteiger partial charge is 0.268 e. The van der Waals surface area contributed by atoms with Crippen LogP contribution < -0.4 is 5.32 Å². The standard InChI is InChI=1S/C19H15N3O3S2/c23-18-15(12-13-6-2-1-3-7-13)22(19(26)21-18)27(24,25)16-10-4-8-14-9-5-11-20-17(14)16/h1-11,15H,12H2,(H,21,23,26)/t15-/m1/s1. The zero-order valence-corrected chi connectivity index (χ0v) is 15.7. The summed E-state index contributed by atoms with van der Waals surface area (Å²) < 4.78 is 27.8. The molecule has 1 aromatic heterocycles. The maximum Gasteiger partial charge on any atom is 0.268 e. The zero-order valence-electron chi connectivity index (χ0n) is 14.1. The second-order valence-corrected chi connectivity index (χ2v) is 8.30. The van der Waals surface area contributed by atoms with E-state index in [0.717, 1.165) is 9.87 Å². The van der Waals surface area contributed by atoms with Crippen LogP contribution in [0.4, 0.5) is 0 Å². The Balaban J connectivity index is 1.81. The van der Waals surface area contributed by atoms with Gasteiger partial charge in [0.2, 0.25) is 0 Å². The van der Waals surface area contributed by atoms with Crippen LogP contribution >= 0.6 is 12.2 Å². The summed E-state index contributed by atoms with van der Waals surface area (Å²) in [4.78, 5) is 16.7. The van der Waals surface area contributed by atoms with E-state index in [4.69, 9.17) is 12.2 Å². The summed E-state index contributed by atoms with van der Waals surface area (Å²) in [6.45, 7) is 0. The molecule has 1 N–H and O–H groups in total. The Bertz CT molecular complexity index is 1140. The number of sulfonamides is 1. The number of aromatic nitrogens is 1. The molecule has 1 aliphatic heterocycles. The highest BCUT2D eigenvalue weighted by Gasteiger charge is 2.44. The van der Waals surface area contributed by atoms with Gasteiger partial charge in [0, 0.05) is 18.0 Å². The predicted molar refractivity (Wildman–Crippen MR) is 105 cm³/mol. The maximum absolute atomic E-state index is 13.4. The first-order valence-electron chi connectivity index (χ1n) is 8.25. The van der Waals surface area contributed by atoms with Gasteiger partial charge in [0.15, 0.2) is 5.11 Å². The van der Waals surface area contributed by atoms with Gasteiger partial charge in [-0.15, -0.1) is 0 Å². The Morgan fingerprint density at radius 2 is 1.78 bits per heavy atom. The molecule has 4 rings (SSSR count). The number of rotatable bonds is 4. The minimum absolute atomic E-state index is 0.0255. The number of carbonyl (C=O) groups is 1. The summed E-state index contributed by atoms with van der Waals surface area (Å²) in [7, 11) is -4.07. The molecule has 2 aromatic carbocycles. The number of hydrogen-bond donors (Lipinski definition) is 1. The maximum atomic E-state index is 13.4. The molecule has 0 spiro atoms. The summed E-state index contributed by atoms with van der Waals surface area (Å²) in [6.07, 6.45) is 1.76. The molecular formula is C19H15N3O3S2. The number of nitrogens with zero attached hydrogens (tertiary/aromatic N) is 2. The van der Waals surface area contributed by atoms with E-state index in [1.807, 2.05) is 30.3 Å². The van der Waals surface area contributed by atoms with Gasteiger partial charge in [-0.05, 0) is 29.9 Å². The van der Waals surface area contributed by atoms with Crippen LogP contribution in [0.1, 0.15) is 5.56 Å². The van der Waals surface area contributed by atoms with Crippen molar-refractivity contribution in [2.24, 2.45) is 0 Å². The van der Waals surface area contributed by atoms with E-state index in [2.05, 4.69) is 10.3 Å². The number of pyridine rings is 1. The fourth-order valence-electron chi connectivity index (χ4n) is 3.17. The quantitative estimate of drug-likeness (QED) is 0.683. The third kappa shape index (κ3) is 3.07. The van der Waals surface area contributed by atoms with Gasteiger partial charge < -0.3 is 5.32 Å². The average Bonchev–Trinajstić information content (AvgIpc) is 2.95.